The standard InChI is InChI=1S/C6H12F3N.C2H6/c1-10(2)5-3-4-6(7,8)9;1-2/h3-5H2,1-2H3;1-2H3. The lowest BCUT2D eigenvalue weighted by atomic mass is 10.3. The van der Waals surface area contributed by atoms with Crippen molar-refractivity contribution < 1.29 is 13.2 Å². The van der Waals surface area contributed by atoms with Gasteiger partial charge in [-0.15, -0.1) is 0 Å². The smallest absolute Gasteiger partial charge is 0.309 e. The van der Waals surface area contributed by atoms with Gasteiger partial charge in [0.05, 0.1) is 0 Å². The number of hydrogen-bond acceptors (Lipinski definition) is 1. The Bertz CT molecular complexity index is 88.8. The predicted octanol–water partition coefficient (Wildman–Crippen LogP) is 2.92. The van der Waals surface area contributed by atoms with Gasteiger partial charge in [0, 0.05) is 6.42 Å². The van der Waals surface area contributed by atoms with Crippen molar-refractivity contribution >= 4 is 0 Å². The molecule has 0 spiro atoms. The Labute approximate surface area is 72.6 Å². The van der Waals surface area contributed by atoms with Crippen LogP contribution in [-0.4, -0.2) is 31.7 Å². The molecule has 0 aromatic heterocycles. The topological polar surface area (TPSA) is 3.24 Å². The first-order valence-electron chi connectivity index (χ1n) is 4.13. The van der Waals surface area contributed by atoms with Crippen LogP contribution < -0.4 is 0 Å². The Morgan fingerprint density at radius 1 is 1.08 bits per heavy atom. The summed E-state index contributed by atoms with van der Waals surface area (Å²) in [6.45, 7) is 4.50. The molecule has 0 rings (SSSR count). The molecule has 0 amide bonds. The summed E-state index contributed by atoms with van der Waals surface area (Å²) in [5.74, 6) is 0. The molecule has 0 bridgehead atoms. The molecule has 0 fully saturated rings. The first kappa shape index (κ1) is 14.3. The lowest BCUT2D eigenvalue weighted by Gasteiger charge is -2.10. The van der Waals surface area contributed by atoms with E-state index >= 15 is 0 Å². The molecule has 76 valence electrons. The van der Waals surface area contributed by atoms with Crippen LogP contribution in [0.5, 0.6) is 0 Å². The highest BCUT2D eigenvalue weighted by atomic mass is 19.4. The maximum absolute atomic E-state index is 11.5. The third-order valence-electron chi connectivity index (χ3n) is 1.07. The highest BCUT2D eigenvalue weighted by molar-refractivity contribution is 4.52. The molecule has 12 heavy (non-hydrogen) atoms. The van der Waals surface area contributed by atoms with E-state index in [0.29, 0.717) is 6.54 Å². The van der Waals surface area contributed by atoms with E-state index in [0.717, 1.165) is 0 Å². The Balaban J connectivity index is 0. The molecule has 0 radical (unpaired) electrons. The SMILES string of the molecule is CC.CN(C)CCCC(F)(F)F. The highest BCUT2D eigenvalue weighted by Gasteiger charge is 2.25. The zero-order valence-electron chi connectivity index (χ0n) is 8.20. The molecule has 0 unspecified atom stereocenters. The molecular weight excluding hydrogens is 167 g/mol. The van der Waals surface area contributed by atoms with E-state index in [4.69, 9.17) is 0 Å². The van der Waals surface area contributed by atoms with Crippen LogP contribution >= 0.6 is 0 Å². The molecule has 0 saturated carbocycles. The largest absolute Gasteiger partial charge is 0.389 e. The van der Waals surface area contributed by atoms with E-state index in [1.54, 1.807) is 19.0 Å². The second-order valence-corrected chi connectivity index (χ2v) is 2.52. The second kappa shape index (κ2) is 7.40. The van der Waals surface area contributed by atoms with Crippen molar-refractivity contribution in [2.75, 3.05) is 20.6 Å². The fourth-order valence-electron chi connectivity index (χ4n) is 0.596. The summed E-state index contributed by atoms with van der Waals surface area (Å²) in [4.78, 5) is 1.74. The summed E-state index contributed by atoms with van der Waals surface area (Å²) < 4.78 is 34.5. The molecule has 1 nitrogen and oxygen atoms in total. The number of alkyl halides is 3. The molecule has 0 aliphatic carbocycles. The van der Waals surface area contributed by atoms with Gasteiger partial charge in [0.2, 0.25) is 0 Å². The Morgan fingerprint density at radius 3 is 1.75 bits per heavy atom. The minimum absolute atomic E-state index is 0.191. The maximum atomic E-state index is 11.5. The molecule has 0 aliphatic rings. The van der Waals surface area contributed by atoms with E-state index < -0.39 is 12.6 Å². The number of rotatable bonds is 3. The van der Waals surface area contributed by atoms with Crippen molar-refractivity contribution in [3.8, 4) is 0 Å². The Morgan fingerprint density at radius 2 is 1.50 bits per heavy atom. The molecule has 0 heterocycles. The van der Waals surface area contributed by atoms with Crippen molar-refractivity contribution in [1.82, 2.24) is 4.90 Å². The van der Waals surface area contributed by atoms with Crippen LogP contribution in [-0.2, 0) is 0 Å². The van der Waals surface area contributed by atoms with Crippen LogP contribution in [0.25, 0.3) is 0 Å². The third kappa shape index (κ3) is 16.4. The summed E-state index contributed by atoms with van der Waals surface area (Å²) in [6, 6.07) is 0. The van der Waals surface area contributed by atoms with Crippen LogP contribution in [0, 0.1) is 0 Å². The quantitative estimate of drug-likeness (QED) is 0.653. The summed E-state index contributed by atoms with van der Waals surface area (Å²) in [5.41, 5.74) is 0. The van der Waals surface area contributed by atoms with Crippen molar-refractivity contribution in [2.24, 2.45) is 0 Å². The van der Waals surface area contributed by atoms with Gasteiger partial charge in [0.15, 0.2) is 0 Å². The zero-order valence-corrected chi connectivity index (χ0v) is 8.20. The normalized spacial score (nSPS) is 11.0. The maximum Gasteiger partial charge on any atom is 0.389 e. The van der Waals surface area contributed by atoms with Crippen LogP contribution in [0.1, 0.15) is 26.7 Å². The van der Waals surface area contributed by atoms with Gasteiger partial charge in [0.1, 0.15) is 0 Å². The average molecular weight is 185 g/mol. The van der Waals surface area contributed by atoms with Gasteiger partial charge in [-0.3, -0.25) is 0 Å². The van der Waals surface area contributed by atoms with Gasteiger partial charge in [-0.05, 0) is 27.1 Å². The lowest BCUT2D eigenvalue weighted by molar-refractivity contribution is -0.135. The van der Waals surface area contributed by atoms with Gasteiger partial charge in [-0.1, -0.05) is 13.8 Å². The summed E-state index contributed by atoms with van der Waals surface area (Å²) in [7, 11) is 3.52. The minimum atomic E-state index is -3.99. The Kier molecular flexibility index (Phi) is 8.81. The van der Waals surface area contributed by atoms with Gasteiger partial charge in [0.25, 0.3) is 0 Å². The number of halogens is 3. The first-order chi connectivity index (χ1) is 5.42. The molecule has 0 saturated heterocycles. The Hall–Kier alpha value is -0.250. The molecule has 4 heteroatoms. The van der Waals surface area contributed by atoms with Crippen LogP contribution in [0.15, 0.2) is 0 Å². The number of nitrogens with zero attached hydrogens (tertiary/aromatic N) is 1. The van der Waals surface area contributed by atoms with Gasteiger partial charge in [-0.2, -0.15) is 13.2 Å². The molecular formula is C8H18F3N. The minimum Gasteiger partial charge on any atom is -0.309 e. The van der Waals surface area contributed by atoms with Crippen molar-refractivity contribution in [2.45, 2.75) is 32.9 Å². The average Bonchev–Trinajstić information content (AvgIpc) is 1.88. The molecule has 0 N–H and O–H groups in total. The van der Waals surface area contributed by atoms with E-state index in [1.807, 2.05) is 13.8 Å². The predicted molar refractivity (Wildman–Crippen MR) is 45.2 cm³/mol. The zero-order chi connectivity index (χ0) is 10.2. The van der Waals surface area contributed by atoms with Crippen LogP contribution in [0.2, 0.25) is 0 Å². The van der Waals surface area contributed by atoms with Crippen LogP contribution in [0.4, 0.5) is 13.2 Å². The van der Waals surface area contributed by atoms with Crippen LogP contribution in [0.3, 0.4) is 0 Å². The highest BCUT2D eigenvalue weighted by Crippen LogP contribution is 2.20. The van der Waals surface area contributed by atoms with E-state index in [9.17, 15) is 13.2 Å². The van der Waals surface area contributed by atoms with E-state index in [-0.39, 0.29) is 6.42 Å². The molecule has 0 atom stereocenters. The molecule has 0 aromatic rings. The molecule has 0 aromatic carbocycles. The second-order valence-electron chi connectivity index (χ2n) is 2.52. The van der Waals surface area contributed by atoms with Gasteiger partial charge < -0.3 is 4.90 Å². The summed E-state index contributed by atoms with van der Waals surface area (Å²) in [5, 5.41) is 0. The summed E-state index contributed by atoms with van der Waals surface area (Å²) in [6.07, 6.45) is -4.47. The van der Waals surface area contributed by atoms with Gasteiger partial charge >= 0.3 is 6.18 Å². The third-order valence-corrected chi connectivity index (χ3v) is 1.07. The van der Waals surface area contributed by atoms with Crippen molar-refractivity contribution in [3.05, 3.63) is 0 Å². The van der Waals surface area contributed by atoms with Crippen molar-refractivity contribution in [1.29, 1.82) is 0 Å². The van der Waals surface area contributed by atoms with E-state index in [1.165, 1.54) is 0 Å². The number of hydrogen-bond donors (Lipinski definition) is 0. The molecule has 0 aliphatic heterocycles. The van der Waals surface area contributed by atoms with E-state index in [2.05, 4.69) is 0 Å². The monoisotopic (exact) mass is 185 g/mol. The fourth-order valence-corrected chi connectivity index (χ4v) is 0.596. The summed E-state index contributed by atoms with van der Waals surface area (Å²) >= 11 is 0. The van der Waals surface area contributed by atoms with Gasteiger partial charge in [-0.25, -0.2) is 0 Å². The fraction of sp³-hybridized carbons (Fsp3) is 1.00. The van der Waals surface area contributed by atoms with Crippen molar-refractivity contribution in [3.63, 3.8) is 0 Å². The lowest BCUT2D eigenvalue weighted by Crippen LogP contribution is -2.16. The first-order valence-corrected chi connectivity index (χ1v) is 4.13.